The molecule has 2 heterocycles. The van der Waals surface area contributed by atoms with Gasteiger partial charge in [0.05, 0.1) is 18.7 Å². The van der Waals surface area contributed by atoms with Crippen LogP contribution in [0.3, 0.4) is 0 Å². The molecule has 1 N–H and O–H groups in total. The Kier molecular flexibility index (Phi) is 6.90. The van der Waals surface area contributed by atoms with Crippen molar-refractivity contribution in [3.05, 3.63) is 71.9 Å². The summed E-state index contributed by atoms with van der Waals surface area (Å²) < 4.78 is 33.7. The van der Waals surface area contributed by atoms with E-state index in [0.717, 1.165) is 12.0 Å². The zero-order valence-corrected chi connectivity index (χ0v) is 19.3. The van der Waals surface area contributed by atoms with Crippen molar-refractivity contribution in [1.82, 2.24) is 9.97 Å². The first kappa shape index (κ1) is 23.4. The number of anilines is 3. The maximum absolute atomic E-state index is 14.3. The number of hydrogen-bond acceptors (Lipinski definition) is 6. The van der Waals surface area contributed by atoms with E-state index in [9.17, 15) is 13.6 Å². The summed E-state index contributed by atoms with van der Waals surface area (Å²) in [6.45, 7) is 2.92. The molecular formula is C25H27F2N5O2. The number of halogens is 2. The topological polar surface area (TPSA) is 70.6 Å². The van der Waals surface area contributed by atoms with Gasteiger partial charge in [0.2, 0.25) is 11.9 Å². The van der Waals surface area contributed by atoms with E-state index >= 15 is 0 Å². The average molecular weight is 468 g/mol. The number of benzene rings is 2. The molecule has 0 bridgehead atoms. The Labute approximate surface area is 197 Å². The SMILES string of the molecule is CC(C(=O)Nc1cccc(F)c1)c1ccc(OC2CCN(c3nc(N(C)C)ncc3F)C2)cc1. The Hall–Kier alpha value is -3.75. The van der Waals surface area contributed by atoms with E-state index in [0.29, 0.717) is 30.5 Å². The molecule has 1 saturated heterocycles. The van der Waals surface area contributed by atoms with Crippen molar-refractivity contribution < 1.29 is 18.3 Å². The van der Waals surface area contributed by atoms with Crippen LogP contribution >= 0.6 is 0 Å². The lowest BCUT2D eigenvalue weighted by Crippen LogP contribution is -2.27. The maximum atomic E-state index is 14.3. The molecule has 34 heavy (non-hydrogen) atoms. The predicted octanol–water partition coefficient (Wildman–Crippen LogP) is 4.22. The van der Waals surface area contributed by atoms with Crippen LogP contribution in [-0.2, 0) is 4.79 Å². The van der Waals surface area contributed by atoms with Gasteiger partial charge >= 0.3 is 0 Å². The van der Waals surface area contributed by atoms with E-state index in [-0.39, 0.29) is 17.8 Å². The number of hydrogen-bond donors (Lipinski definition) is 1. The summed E-state index contributed by atoms with van der Waals surface area (Å²) >= 11 is 0. The number of aromatic nitrogens is 2. The minimum absolute atomic E-state index is 0.114. The maximum Gasteiger partial charge on any atom is 0.231 e. The van der Waals surface area contributed by atoms with Crippen LogP contribution in [0.4, 0.5) is 26.2 Å². The lowest BCUT2D eigenvalue weighted by molar-refractivity contribution is -0.117. The molecule has 1 aliphatic rings. The van der Waals surface area contributed by atoms with E-state index in [2.05, 4.69) is 15.3 Å². The van der Waals surface area contributed by atoms with Crippen LogP contribution in [0.15, 0.2) is 54.7 Å². The van der Waals surface area contributed by atoms with Crippen molar-refractivity contribution in [2.45, 2.75) is 25.4 Å². The average Bonchev–Trinajstić information content (AvgIpc) is 3.27. The van der Waals surface area contributed by atoms with Gasteiger partial charge in [0.1, 0.15) is 17.7 Å². The first-order chi connectivity index (χ1) is 16.3. The molecule has 0 aliphatic carbocycles. The third-order valence-corrected chi connectivity index (χ3v) is 5.73. The molecule has 1 aliphatic heterocycles. The molecule has 178 valence electrons. The fourth-order valence-corrected chi connectivity index (χ4v) is 3.80. The Morgan fingerprint density at radius 2 is 1.97 bits per heavy atom. The standard InChI is InChI=1S/C25H27F2N5O2/c1-16(24(33)29-19-6-4-5-18(26)13-19)17-7-9-20(10-8-17)34-21-11-12-32(15-21)23-22(27)14-28-25(30-23)31(2)3/h4-10,13-14,16,21H,11-12,15H2,1-3H3,(H,29,33). The van der Waals surface area contributed by atoms with Gasteiger partial charge in [-0.1, -0.05) is 18.2 Å². The van der Waals surface area contributed by atoms with E-state index in [1.807, 2.05) is 43.3 Å². The summed E-state index contributed by atoms with van der Waals surface area (Å²) in [6, 6.07) is 13.1. The van der Waals surface area contributed by atoms with Crippen molar-refractivity contribution in [3.8, 4) is 5.75 Å². The highest BCUT2D eigenvalue weighted by atomic mass is 19.1. The third-order valence-electron chi connectivity index (χ3n) is 5.73. The van der Waals surface area contributed by atoms with Crippen LogP contribution in [0.5, 0.6) is 5.75 Å². The van der Waals surface area contributed by atoms with Crippen molar-refractivity contribution in [2.75, 3.05) is 42.3 Å². The van der Waals surface area contributed by atoms with Crippen LogP contribution in [0.25, 0.3) is 0 Å². The summed E-state index contributed by atoms with van der Waals surface area (Å²) in [4.78, 5) is 24.5. The van der Waals surface area contributed by atoms with Crippen molar-refractivity contribution in [1.29, 1.82) is 0 Å². The second-order valence-electron chi connectivity index (χ2n) is 8.50. The van der Waals surface area contributed by atoms with Gasteiger partial charge in [0, 0.05) is 32.7 Å². The van der Waals surface area contributed by atoms with Crippen LogP contribution in [0.1, 0.15) is 24.8 Å². The van der Waals surface area contributed by atoms with Crippen molar-refractivity contribution in [3.63, 3.8) is 0 Å². The number of nitrogens with one attached hydrogen (secondary N) is 1. The van der Waals surface area contributed by atoms with Crippen LogP contribution in [-0.4, -0.2) is 49.2 Å². The minimum Gasteiger partial charge on any atom is -0.489 e. The molecule has 2 aromatic carbocycles. The third kappa shape index (κ3) is 5.41. The molecule has 0 spiro atoms. The second-order valence-corrected chi connectivity index (χ2v) is 8.50. The summed E-state index contributed by atoms with van der Waals surface area (Å²) in [5.41, 5.74) is 1.23. The van der Waals surface area contributed by atoms with Gasteiger partial charge in [-0.15, -0.1) is 0 Å². The summed E-state index contributed by atoms with van der Waals surface area (Å²) in [5, 5.41) is 2.73. The summed E-state index contributed by atoms with van der Waals surface area (Å²) in [6.07, 6.45) is 1.81. The Bertz CT molecular complexity index is 1160. The molecule has 1 fully saturated rings. The normalized spacial score (nSPS) is 16.3. The lowest BCUT2D eigenvalue weighted by Gasteiger charge is -2.20. The molecule has 0 saturated carbocycles. The second kappa shape index (κ2) is 10.0. The lowest BCUT2D eigenvalue weighted by atomic mass is 10.00. The van der Waals surface area contributed by atoms with Gasteiger partial charge in [-0.05, 0) is 42.8 Å². The Balaban J connectivity index is 1.35. The quantitative estimate of drug-likeness (QED) is 0.561. The minimum atomic E-state index is -0.457. The predicted molar refractivity (Wildman–Crippen MR) is 127 cm³/mol. The highest BCUT2D eigenvalue weighted by Gasteiger charge is 2.28. The summed E-state index contributed by atoms with van der Waals surface area (Å²) in [5.74, 6) is -0.115. The van der Waals surface area contributed by atoms with Crippen LogP contribution < -0.4 is 19.9 Å². The Morgan fingerprint density at radius 3 is 2.68 bits per heavy atom. The Morgan fingerprint density at radius 1 is 1.21 bits per heavy atom. The van der Waals surface area contributed by atoms with Gasteiger partial charge in [-0.3, -0.25) is 4.79 Å². The van der Waals surface area contributed by atoms with E-state index in [1.54, 1.807) is 24.0 Å². The largest absolute Gasteiger partial charge is 0.489 e. The molecule has 2 unspecified atom stereocenters. The zero-order chi connectivity index (χ0) is 24.2. The highest BCUT2D eigenvalue weighted by Crippen LogP contribution is 2.27. The number of ether oxygens (including phenoxy) is 1. The fraction of sp³-hybridized carbons (Fsp3) is 0.320. The van der Waals surface area contributed by atoms with Crippen molar-refractivity contribution in [2.24, 2.45) is 0 Å². The molecule has 2 atom stereocenters. The molecule has 3 aromatic rings. The zero-order valence-electron chi connectivity index (χ0n) is 19.3. The van der Waals surface area contributed by atoms with Gasteiger partial charge in [-0.25, -0.2) is 13.8 Å². The van der Waals surface area contributed by atoms with E-state index in [1.165, 1.54) is 18.3 Å². The number of rotatable bonds is 7. The first-order valence-corrected chi connectivity index (χ1v) is 11.1. The molecule has 1 aromatic heterocycles. The molecule has 0 radical (unpaired) electrons. The monoisotopic (exact) mass is 467 g/mol. The summed E-state index contributed by atoms with van der Waals surface area (Å²) in [7, 11) is 3.62. The fourth-order valence-electron chi connectivity index (χ4n) is 3.80. The number of nitrogens with zero attached hydrogens (tertiary/aromatic N) is 4. The van der Waals surface area contributed by atoms with Crippen molar-refractivity contribution >= 4 is 23.4 Å². The number of amides is 1. The molecule has 1 amide bonds. The van der Waals surface area contributed by atoms with Crippen LogP contribution in [0.2, 0.25) is 0 Å². The molecular weight excluding hydrogens is 440 g/mol. The van der Waals surface area contributed by atoms with Gasteiger partial charge < -0.3 is 19.9 Å². The molecule has 7 nitrogen and oxygen atoms in total. The van der Waals surface area contributed by atoms with Gasteiger partial charge in [-0.2, -0.15) is 4.98 Å². The van der Waals surface area contributed by atoms with Crippen LogP contribution in [0, 0.1) is 11.6 Å². The number of carbonyl (C=O) groups excluding carboxylic acids is 1. The number of carbonyl (C=O) groups is 1. The van der Waals surface area contributed by atoms with E-state index < -0.39 is 17.6 Å². The highest BCUT2D eigenvalue weighted by molar-refractivity contribution is 5.95. The smallest absolute Gasteiger partial charge is 0.231 e. The molecule has 4 rings (SSSR count). The molecule has 9 heteroatoms. The van der Waals surface area contributed by atoms with E-state index in [4.69, 9.17) is 4.74 Å². The van der Waals surface area contributed by atoms with Gasteiger partial charge in [0.25, 0.3) is 0 Å². The van der Waals surface area contributed by atoms with Gasteiger partial charge in [0.15, 0.2) is 11.6 Å². The first-order valence-electron chi connectivity index (χ1n) is 11.1.